The predicted molar refractivity (Wildman–Crippen MR) is 64.9 cm³/mol. The minimum Gasteiger partial charge on any atom is -0.481 e. The first-order valence-corrected chi connectivity index (χ1v) is 6.74. The summed E-state index contributed by atoms with van der Waals surface area (Å²) in [4.78, 5) is 25.0. The maximum Gasteiger partial charge on any atom is 0.306 e. The van der Waals surface area contributed by atoms with Gasteiger partial charge < -0.3 is 15.1 Å². The number of carboxylic acid groups (broad SMARTS) is 1. The first kappa shape index (κ1) is 13.3. The topological polar surface area (TPSA) is 77.8 Å². The molecule has 1 aliphatic heterocycles. The van der Waals surface area contributed by atoms with E-state index in [2.05, 4.69) is 0 Å². The van der Waals surface area contributed by atoms with Gasteiger partial charge in [-0.15, -0.1) is 0 Å². The zero-order valence-corrected chi connectivity index (χ0v) is 10.5. The molecular weight excluding hydrogens is 234 g/mol. The molecule has 2 N–H and O–H groups in total. The lowest BCUT2D eigenvalue weighted by Crippen LogP contribution is -2.43. The average Bonchev–Trinajstić information content (AvgIpc) is 2.87. The molecule has 1 saturated carbocycles. The van der Waals surface area contributed by atoms with E-state index in [9.17, 15) is 9.59 Å². The summed E-state index contributed by atoms with van der Waals surface area (Å²) in [6.07, 6.45) is 3.70. The highest BCUT2D eigenvalue weighted by molar-refractivity contribution is 5.81. The van der Waals surface area contributed by atoms with Gasteiger partial charge in [0.05, 0.1) is 5.92 Å². The lowest BCUT2D eigenvalue weighted by molar-refractivity contribution is -0.142. The Balaban J connectivity index is 1.89. The number of amides is 1. The molecule has 1 aliphatic carbocycles. The number of aliphatic hydroxyl groups is 1. The molecule has 5 heteroatoms. The van der Waals surface area contributed by atoms with E-state index < -0.39 is 5.97 Å². The number of piperidine rings is 1. The average molecular weight is 255 g/mol. The molecule has 0 aromatic carbocycles. The molecule has 0 bridgehead atoms. The Labute approximate surface area is 107 Å². The van der Waals surface area contributed by atoms with Crippen LogP contribution in [-0.4, -0.2) is 46.7 Å². The lowest BCUT2D eigenvalue weighted by Gasteiger charge is -2.33. The Morgan fingerprint density at radius 1 is 1.17 bits per heavy atom. The van der Waals surface area contributed by atoms with Gasteiger partial charge >= 0.3 is 5.97 Å². The number of carboxylic acids is 1. The van der Waals surface area contributed by atoms with Gasteiger partial charge in [0.15, 0.2) is 0 Å². The van der Waals surface area contributed by atoms with Crippen molar-refractivity contribution in [1.82, 2.24) is 4.90 Å². The number of rotatable bonds is 3. The van der Waals surface area contributed by atoms with Gasteiger partial charge in [0.2, 0.25) is 5.91 Å². The molecule has 2 fully saturated rings. The van der Waals surface area contributed by atoms with Crippen molar-refractivity contribution in [2.75, 3.05) is 19.7 Å². The van der Waals surface area contributed by atoms with Crippen LogP contribution in [0.1, 0.15) is 32.1 Å². The minimum atomic E-state index is -0.780. The number of hydrogen-bond acceptors (Lipinski definition) is 3. The maximum atomic E-state index is 12.3. The molecule has 1 heterocycles. The van der Waals surface area contributed by atoms with Gasteiger partial charge in [-0.3, -0.25) is 9.59 Å². The third kappa shape index (κ3) is 2.83. The Kier molecular flexibility index (Phi) is 4.22. The van der Waals surface area contributed by atoms with Crippen LogP contribution in [0.4, 0.5) is 0 Å². The molecule has 0 radical (unpaired) electrons. The zero-order chi connectivity index (χ0) is 13.1. The van der Waals surface area contributed by atoms with Crippen molar-refractivity contribution in [2.24, 2.45) is 17.8 Å². The van der Waals surface area contributed by atoms with Crippen LogP contribution in [0, 0.1) is 17.8 Å². The summed E-state index contributed by atoms with van der Waals surface area (Å²) in [5.74, 6) is -0.964. The number of likely N-dealkylation sites (tertiary alicyclic amines) is 1. The van der Waals surface area contributed by atoms with Crippen molar-refractivity contribution in [2.45, 2.75) is 32.1 Å². The molecule has 1 saturated heterocycles. The normalized spacial score (nSPS) is 32.5. The summed E-state index contributed by atoms with van der Waals surface area (Å²) in [5, 5.41) is 18.1. The second kappa shape index (κ2) is 5.69. The third-order valence-electron chi connectivity index (χ3n) is 4.22. The van der Waals surface area contributed by atoms with Gasteiger partial charge in [-0.2, -0.15) is 0 Å². The summed E-state index contributed by atoms with van der Waals surface area (Å²) >= 11 is 0. The van der Waals surface area contributed by atoms with Gasteiger partial charge in [0.25, 0.3) is 0 Å². The number of hydrogen-bond donors (Lipinski definition) is 2. The SMILES string of the molecule is O=C(O)C1CCC(C(=O)N2CCCC(CO)C2)C1. The maximum absolute atomic E-state index is 12.3. The number of carbonyl (C=O) groups is 2. The van der Waals surface area contributed by atoms with Crippen LogP contribution in [0.3, 0.4) is 0 Å². The zero-order valence-electron chi connectivity index (χ0n) is 10.5. The summed E-state index contributed by atoms with van der Waals surface area (Å²) in [5.41, 5.74) is 0. The highest BCUT2D eigenvalue weighted by Crippen LogP contribution is 2.33. The van der Waals surface area contributed by atoms with Crippen LogP contribution in [0.2, 0.25) is 0 Å². The Hall–Kier alpha value is -1.10. The van der Waals surface area contributed by atoms with E-state index in [4.69, 9.17) is 10.2 Å². The highest BCUT2D eigenvalue weighted by Gasteiger charge is 2.36. The van der Waals surface area contributed by atoms with Crippen LogP contribution in [0.25, 0.3) is 0 Å². The summed E-state index contributed by atoms with van der Waals surface area (Å²) in [7, 11) is 0. The smallest absolute Gasteiger partial charge is 0.306 e. The van der Waals surface area contributed by atoms with Gasteiger partial charge in [0, 0.05) is 25.6 Å². The molecular formula is C13H21NO4. The van der Waals surface area contributed by atoms with Crippen LogP contribution in [0.15, 0.2) is 0 Å². The summed E-state index contributed by atoms with van der Waals surface area (Å²) in [6, 6.07) is 0. The van der Waals surface area contributed by atoms with Crippen molar-refractivity contribution in [1.29, 1.82) is 0 Å². The van der Waals surface area contributed by atoms with E-state index in [0.717, 1.165) is 19.4 Å². The van der Waals surface area contributed by atoms with E-state index in [1.165, 1.54) is 0 Å². The van der Waals surface area contributed by atoms with E-state index in [1.54, 1.807) is 0 Å². The lowest BCUT2D eigenvalue weighted by atomic mass is 9.96. The van der Waals surface area contributed by atoms with Crippen molar-refractivity contribution in [3.8, 4) is 0 Å². The fourth-order valence-corrected chi connectivity index (χ4v) is 3.10. The fourth-order valence-electron chi connectivity index (χ4n) is 3.10. The van der Waals surface area contributed by atoms with Crippen LogP contribution in [0.5, 0.6) is 0 Å². The Morgan fingerprint density at radius 2 is 1.89 bits per heavy atom. The van der Waals surface area contributed by atoms with Crippen LogP contribution >= 0.6 is 0 Å². The highest BCUT2D eigenvalue weighted by atomic mass is 16.4. The molecule has 18 heavy (non-hydrogen) atoms. The van der Waals surface area contributed by atoms with Crippen LogP contribution < -0.4 is 0 Å². The van der Waals surface area contributed by atoms with E-state index >= 15 is 0 Å². The molecule has 2 rings (SSSR count). The van der Waals surface area contributed by atoms with Crippen molar-refractivity contribution in [3.63, 3.8) is 0 Å². The largest absolute Gasteiger partial charge is 0.481 e. The summed E-state index contributed by atoms with van der Waals surface area (Å²) < 4.78 is 0. The Bertz CT molecular complexity index is 331. The molecule has 3 atom stereocenters. The number of aliphatic carboxylic acids is 1. The molecule has 102 valence electrons. The van der Waals surface area contributed by atoms with Gasteiger partial charge in [-0.1, -0.05) is 0 Å². The predicted octanol–water partition coefficient (Wildman–Crippen LogP) is 0.718. The van der Waals surface area contributed by atoms with Gasteiger partial charge in [-0.25, -0.2) is 0 Å². The first-order valence-electron chi connectivity index (χ1n) is 6.74. The molecule has 0 spiro atoms. The number of aliphatic hydroxyl groups excluding tert-OH is 1. The molecule has 3 unspecified atom stereocenters. The third-order valence-corrected chi connectivity index (χ3v) is 4.22. The quantitative estimate of drug-likeness (QED) is 0.779. The van der Waals surface area contributed by atoms with E-state index in [-0.39, 0.29) is 30.3 Å². The van der Waals surface area contributed by atoms with Crippen LogP contribution in [-0.2, 0) is 9.59 Å². The van der Waals surface area contributed by atoms with Gasteiger partial charge in [-0.05, 0) is 38.0 Å². The second-order valence-corrected chi connectivity index (χ2v) is 5.52. The Morgan fingerprint density at radius 3 is 2.50 bits per heavy atom. The number of nitrogens with zero attached hydrogens (tertiary/aromatic N) is 1. The fraction of sp³-hybridized carbons (Fsp3) is 0.846. The first-order chi connectivity index (χ1) is 8.61. The van der Waals surface area contributed by atoms with Crippen molar-refractivity contribution < 1.29 is 19.8 Å². The monoisotopic (exact) mass is 255 g/mol. The van der Waals surface area contributed by atoms with Crippen molar-refractivity contribution >= 4 is 11.9 Å². The molecule has 0 aromatic rings. The minimum absolute atomic E-state index is 0.0944. The standard InChI is InChI=1S/C13H21NO4/c15-8-9-2-1-5-14(7-9)12(16)10-3-4-11(6-10)13(17)18/h9-11,15H,1-8H2,(H,17,18). The summed E-state index contributed by atoms with van der Waals surface area (Å²) in [6.45, 7) is 1.51. The number of carbonyl (C=O) groups excluding carboxylic acids is 1. The van der Waals surface area contributed by atoms with Crippen molar-refractivity contribution in [3.05, 3.63) is 0 Å². The molecule has 1 amide bonds. The second-order valence-electron chi connectivity index (χ2n) is 5.52. The molecule has 5 nitrogen and oxygen atoms in total. The van der Waals surface area contributed by atoms with E-state index in [0.29, 0.717) is 25.8 Å². The van der Waals surface area contributed by atoms with Gasteiger partial charge in [0.1, 0.15) is 0 Å². The molecule has 0 aromatic heterocycles. The van der Waals surface area contributed by atoms with E-state index in [1.807, 2.05) is 4.90 Å². The molecule has 2 aliphatic rings.